The van der Waals surface area contributed by atoms with Crippen LogP contribution in [0.15, 0.2) is 24.3 Å². The van der Waals surface area contributed by atoms with Crippen LogP contribution < -0.4 is 10.6 Å². The van der Waals surface area contributed by atoms with Crippen LogP contribution in [0.4, 0.5) is 15.3 Å². The van der Waals surface area contributed by atoms with E-state index < -0.39 is 0 Å². The quantitative estimate of drug-likeness (QED) is 0.677. The standard InChI is InChI=1S/C19H28N4O4/c24-18(20-6-1-2-7-22-8-11-26-12-9-22)21-17-5-3-4-16(14-17)15-23-10-13-27-19(23)25/h3-5,14H,1-2,6-13,15H2,(H2,20,21,24). The third-order valence-corrected chi connectivity index (χ3v) is 4.69. The Morgan fingerprint density at radius 3 is 2.74 bits per heavy atom. The van der Waals surface area contributed by atoms with Gasteiger partial charge in [-0.15, -0.1) is 0 Å². The van der Waals surface area contributed by atoms with Crippen molar-refractivity contribution in [3.63, 3.8) is 0 Å². The Hall–Kier alpha value is -2.32. The number of amides is 3. The molecule has 0 atom stereocenters. The number of nitrogens with one attached hydrogen (secondary N) is 2. The summed E-state index contributed by atoms with van der Waals surface area (Å²) in [5.74, 6) is 0. The van der Waals surface area contributed by atoms with Gasteiger partial charge in [-0.25, -0.2) is 9.59 Å². The molecule has 0 unspecified atom stereocenters. The summed E-state index contributed by atoms with van der Waals surface area (Å²) in [5, 5.41) is 5.74. The highest BCUT2D eigenvalue weighted by atomic mass is 16.6. The van der Waals surface area contributed by atoms with Crippen LogP contribution in [-0.4, -0.2) is 74.5 Å². The SMILES string of the molecule is O=C(NCCCCN1CCOCC1)Nc1cccc(CN2CCOC2=O)c1. The largest absolute Gasteiger partial charge is 0.448 e. The summed E-state index contributed by atoms with van der Waals surface area (Å²) in [7, 11) is 0. The van der Waals surface area contributed by atoms with Crippen LogP contribution >= 0.6 is 0 Å². The molecule has 2 N–H and O–H groups in total. The molecular weight excluding hydrogens is 348 g/mol. The number of rotatable bonds is 8. The summed E-state index contributed by atoms with van der Waals surface area (Å²) in [6.07, 6.45) is 1.71. The van der Waals surface area contributed by atoms with Gasteiger partial charge in [-0.2, -0.15) is 0 Å². The summed E-state index contributed by atoms with van der Waals surface area (Å²) in [6.45, 7) is 6.85. The van der Waals surface area contributed by atoms with Crippen molar-refractivity contribution in [2.75, 3.05) is 57.9 Å². The predicted molar refractivity (Wildman–Crippen MR) is 102 cm³/mol. The molecule has 3 amide bonds. The van der Waals surface area contributed by atoms with Crippen molar-refractivity contribution in [3.8, 4) is 0 Å². The normalized spacial score (nSPS) is 17.6. The number of hydrogen-bond acceptors (Lipinski definition) is 5. The minimum atomic E-state index is -0.289. The molecule has 1 aromatic rings. The van der Waals surface area contributed by atoms with Gasteiger partial charge in [-0.1, -0.05) is 12.1 Å². The van der Waals surface area contributed by atoms with Gasteiger partial charge in [0.05, 0.1) is 19.8 Å². The van der Waals surface area contributed by atoms with E-state index in [1.807, 2.05) is 24.3 Å². The molecule has 0 spiro atoms. The number of cyclic esters (lactones) is 1. The summed E-state index contributed by atoms with van der Waals surface area (Å²) < 4.78 is 10.3. The van der Waals surface area contributed by atoms with Gasteiger partial charge in [0.2, 0.25) is 0 Å². The second-order valence-electron chi connectivity index (χ2n) is 6.78. The van der Waals surface area contributed by atoms with E-state index >= 15 is 0 Å². The molecule has 0 saturated carbocycles. The van der Waals surface area contributed by atoms with Crippen molar-refractivity contribution in [1.29, 1.82) is 0 Å². The number of ether oxygens (including phenoxy) is 2. The van der Waals surface area contributed by atoms with E-state index in [2.05, 4.69) is 15.5 Å². The zero-order chi connectivity index (χ0) is 18.9. The van der Waals surface area contributed by atoms with Gasteiger partial charge in [0.25, 0.3) is 0 Å². The zero-order valence-corrected chi connectivity index (χ0v) is 15.6. The molecule has 2 aliphatic heterocycles. The van der Waals surface area contributed by atoms with Crippen molar-refractivity contribution >= 4 is 17.8 Å². The summed E-state index contributed by atoms with van der Waals surface area (Å²) in [5.41, 5.74) is 1.67. The Labute approximate surface area is 159 Å². The number of urea groups is 1. The van der Waals surface area contributed by atoms with Gasteiger partial charge in [0, 0.05) is 31.9 Å². The van der Waals surface area contributed by atoms with E-state index in [0.717, 1.165) is 51.3 Å². The van der Waals surface area contributed by atoms with Crippen molar-refractivity contribution < 1.29 is 19.1 Å². The van der Waals surface area contributed by atoms with Gasteiger partial charge >= 0.3 is 12.1 Å². The van der Waals surface area contributed by atoms with E-state index in [-0.39, 0.29) is 12.1 Å². The second kappa shape index (κ2) is 10.1. The molecule has 2 aliphatic rings. The molecule has 8 nitrogen and oxygen atoms in total. The second-order valence-corrected chi connectivity index (χ2v) is 6.78. The van der Waals surface area contributed by atoms with Crippen molar-refractivity contribution in [3.05, 3.63) is 29.8 Å². The van der Waals surface area contributed by atoms with Crippen LogP contribution in [0.25, 0.3) is 0 Å². The molecule has 2 fully saturated rings. The molecule has 0 aliphatic carbocycles. The maximum Gasteiger partial charge on any atom is 0.410 e. The highest BCUT2D eigenvalue weighted by Gasteiger charge is 2.21. The first-order valence-electron chi connectivity index (χ1n) is 9.56. The first-order valence-corrected chi connectivity index (χ1v) is 9.56. The minimum Gasteiger partial charge on any atom is -0.448 e. The fourth-order valence-electron chi connectivity index (χ4n) is 3.20. The number of morpholine rings is 1. The fourth-order valence-corrected chi connectivity index (χ4v) is 3.20. The first kappa shape index (κ1) is 19.4. The monoisotopic (exact) mass is 376 g/mol. The Kier molecular flexibility index (Phi) is 7.29. The number of anilines is 1. The number of hydrogen-bond donors (Lipinski definition) is 2. The molecule has 3 rings (SSSR count). The van der Waals surface area contributed by atoms with Gasteiger partial charge in [0.15, 0.2) is 0 Å². The third-order valence-electron chi connectivity index (χ3n) is 4.69. The Balaban J connectivity index is 1.33. The highest BCUT2D eigenvalue weighted by molar-refractivity contribution is 5.89. The fraction of sp³-hybridized carbons (Fsp3) is 0.579. The number of nitrogens with zero attached hydrogens (tertiary/aromatic N) is 2. The number of benzene rings is 1. The van der Waals surface area contributed by atoms with Crippen molar-refractivity contribution in [2.45, 2.75) is 19.4 Å². The van der Waals surface area contributed by atoms with Crippen LogP contribution in [0.1, 0.15) is 18.4 Å². The first-order chi connectivity index (χ1) is 13.2. The van der Waals surface area contributed by atoms with Crippen LogP contribution in [0.2, 0.25) is 0 Å². The lowest BCUT2D eigenvalue weighted by Gasteiger charge is -2.26. The topological polar surface area (TPSA) is 83.1 Å². The third kappa shape index (κ3) is 6.41. The van der Waals surface area contributed by atoms with E-state index in [9.17, 15) is 9.59 Å². The molecule has 1 aromatic carbocycles. The lowest BCUT2D eigenvalue weighted by Crippen LogP contribution is -2.37. The van der Waals surface area contributed by atoms with Gasteiger partial charge in [-0.05, 0) is 37.1 Å². The summed E-state index contributed by atoms with van der Waals surface area (Å²) in [6, 6.07) is 7.31. The van der Waals surface area contributed by atoms with Gasteiger partial charge in [-0.3, -0.25) is 4.90 Å². The summed E-state index contributed by atoms with van der Waals surface area (Å²) >= 11 is 0. The highest BCUT2D eigenvalue weighted by Crippen LogP contribution is 2.15. The van der Waals surface area contributed by atoms with Crippen molar-refractivity contribution in [2.24, 2.45) is 0 Å². The maximum atomic E-state index is 12.1. The Bertz CT molecular complexity index is 634. The van der Waals surface area contributed by atoms with E-state index in [1.54, 1.807) is 4.90 Å². The minimum absolute atomic E-state index is 0.209. The molecule has 2 heterocycles. The molecule has 2 saturated heterocycles. The molecular formula is C19H28N4O4. The molecule has 0 radical (unpaired) electrons. The van der Waals surface area contributed by atoms with E-state index in [0.29, 0.717) is 31.9 Å². The number of carbonyl (C=O) groups is 2. The van der Waals surface area contributed by atoms with E-state index in [1.165, 1.54) is 0 Å². The molecule has 27 heavy (non-hydrogen) atoms. The van der Waals surface area contributed by atoms with Crippen LogP contribution in [-0.2, 0) is 16.0 Å². The number of unbranched alkanes of at least 4 members (excludes halogenated alkanes) is 1. The van der Waals surface area contributed by atoms with Gasteiger partial charge in [0.1, 0.15) is 6.61 Å². The van der Waals surface area contributed by atoms with Crippen LogP contribution in [0.3, 0.4) is 0 Å². The number of carbonyl (C=O) groups excluding carboxylic acids is 2. The molecule has 148 valence electrons. The maximum absolute atomic E-state index is 12.1. The molecule has 8 heteroatoms. The zero-order valence-electron chi connectivity index (χ0n) is 15.6. The van der Waals surface area contributed by atoms with Crippen molar-refractivity contribution in [1.82, 2.24) is 15.1 Å². The smallest absolute Gasteiger partial charge is 0.410 e. The van der Waals surface area contributed by atoms with Crippen LogP contribution in [0, 0.1) is 0 Å². The summed E-state index contributed by atoms with van der Waals surface area (Å²) in [4.78, 5) is 27.6. The lowest BCUT2D eigenvalue weighted by molar-refractivity contribution is 0.0372. The lowest BCUT2D eigenvalue weighted by atomic mass is 10.2. The average Bonchev–Trinajstić information content (AvgIpc) is 3.07. The predicted octanol–water partition coefficient (Wildman–Crippen LogP) is 1.87. The van der Waals surface area contributed by atoms with Gasteiger partial charge < -0.3 is 25.0 Å². The average molecular weight is 376 g/mol. The molecule has 0 aromatic heterocycles. The Morgan fingerprint density at radius 1 is 1.11 bits per heavy atom. The van der Waals surface area contributed by atoms with E-state index in [4.69, 9.17) is 9.47 Å². The Morgan fingerprint density at radius 2 is 1.96 bits per heavy atom. The molecule has 0 bridgehead atoms. The van der Waals surface area contributed by atoms with Crippen LogP contribution in [0.5, 0.6) is 0 Å².